The fraction of sp³-hybridized carbons (Fsp3) is 0.120. The van der Waals surface area contributed by atoms with Crippen molar-refractivity contribution in [3.63, 3.8) is 0 Å². The number of hydrogen-bond donors (Lipinski definition) is 0. The molecule has 0 fully saturated rings. The van der Waals surface area contributed by atoms with Crippen LogP contribution in [0.2, 0.25) is 0 Å². The van der Waals surface area contributed by atoms with E-state index in [1.165, 1.54) is 48.3 Å². The number of aromatic nitrogens is 1. The molecule has 0 N–H and O–H groups in total. The van der Waals surface area contributed by atoms with Gasteiger partial charge in [-0.2, -0.15) is 0 Å². The van der Waals surface area contributed by atoms with Gasteiger partial charge in [-0.1, -0.05) is 48.0 Å². The van der Waals surface area contributed by atoms with Gasteiger partial charge in [0.1, 0.15) is 5.75 Å². The molecule has 2 aromatic heterocycles. The Morgan fingerprint density at radius 2 is 1.43 bits per heavy atom. The SMILES string of the molecule is COc1ccc(-c2c3c(sc4ccccc43)c(-c3ccc(C)cc3)n2C)cc1. The first-order valence-electron chi connectivity index (χ1n) is 9.39. The number of ether oxygens (including phenoxy) is 1. The second-order valence-electron chi connectivity index (χ2n) is 7.15. The van der Waals surface area contributed by atoms with Crippen LogP contribution >= 0.6 is 11.3 Å². The van der Waals surface area contributed by atoms with Crippen molar-refractivity contribution in [1.29, 1.82) is 0 Å². The van der Waals surface area contributed by atoms with Crippen molar-refractivity contribution in [3.05, 3.63) is 78.4 Å². The van der Waals surface area contributed by atoms with E-state index in [-0.39, 0.29) is 0 Å². The Balaban J connectivity index is 1.88. The lowest BCUT2D eigenvalue weighted by atomic mass is 10.1. The fourth-order valence-corrected chi connectivity index (χ4v) is 5.31. The second-order valence-corrected chi connectivity index (χ2v) is 8.21. The van der Waals surface area contributed by atoms with Gasteiger partial charge < -0.3 is 9.30 Å². The molecule has 5 rings (SSSR count). The molecule has 0 amide bonds. The zero-order chi connectivity index (χ0) is 19.3. The molecule has 0 spiro atoms. The van der Waals surface area contributed by atoms with Gasteiger partial charge in [-0.05, 0) is 48.4 Å². The standard InChI is InChI=1S/C25H21NOS/c1-16-8-10-18(11-9-16)24-25-22(20-6-4-5-7-21(20)28-25)23(26(24)2)17-12-14-19(27-3)15-13-17/h4-15H,1-3H3. The molecule has 2 heterocycles. The van der Waals surface area contributed by atoms with Crippen molar-refractivity contribution in [2.24, 2.45) is 7.05 Å². The molecule has 0 aliphatic rings. The summed E-state index contributed by atoms with van der Waals surface area (Å²) < 4.78 is 10.4. The molecule has 0 unspecified atom stereocenters. The summed E-state index contributed by atoms with van der Waals surface area (Å²) in [4.78, 5) is 0. The molecular formula is C25H21NOS. The average molecular weight is 384 g/mol. The third-order valence-electron chi connectivity index (χ3n) is 5.41. The van der Waals surface area contributed by atoms with E-state index in [1.54, 1.807) is 7.11 Å². The highest BCUT2D eigenvalue weighted by Crippen LogP contribution is 2.46. The predicted octanol–water partition coefficient (Wildman–Crippen LogP) is 7.04. The molecule has 2 nitrogen and oxygen atoms in total. The van der Waals surface area contributed by atoms with Crippen molar-refractivity contribution < 1.29 is 4.74 Å². The van der Waals surface area contributed by atoms with Crippen LogP contribution in [0.3, 0.4) is 0 Å². The topological polar surface area (TPSA) is 14.2 Å². The van der Waals surface area contributed by atoms with Crippen LogP contribution in [0.15, 0.2) is 72.8 Å². The Labute approximate surface area is 168 Å². The minimum atomic E-state index is 0.878. The van der Waals surface area contributed by atoms with Gasteiger partial charge in [0, 0.05) is 22.5 Å². The van der Waals surface area contributed by atoms with Gasteiger partial charge in [0.15, 0.2) is 0 Å². The Bertz CT molecular complexity index is 1290. The van der Waals surface area contributed by atoms with E-state index in [4.69, 9.17) is 4.74 Å². The van der Waals surface area contributed by atoms with Gasteiger partial charge in [0.2, 0.25) is 0 Å². The van der Waals surface area contributed by atoms with Gasteiger partial charge in [-0.15, -0.1) is 11.3 Å². The predicted molar refractivity (Wildman–Crippen MR) is 120 cm³/mol. The van der Waals surface area contributed by atoms with E-state index in [9.17, 15) is 0 Å². The van der Waals surface area contributed by atoms with Gasteiger partial charge in [-0.25, -0.2) is 0 Å². The number of thiophene rings is 1. The number of fused-ring (bicyclic) bond motifs is 3. The zero-order valence-corrected chi connectivity index (χ0v) is 17.0. The Morgan fingerprint density at radius 3 is 2.14 bits per heavy atom. The monoisotopic (exact) mass is 383 g/mol. The van der Waals surface area contributed by atoms with Crippen LogP contribution in [0.25, 0.3) is 42.7 Å². The van der Waals surface area contributed by atoms with Crippen molar-refractivity contribution in [2.45, 2.75) is 6.92 Å². The zero-order valence-electron chi connectivity index (χ0n) is 16.2. The van der Waals surface area contributed by atoms with Crippen molar-refractivity contribution in [2.75, 3.05) is 7.11 Å². The van der Waals surface area contributed by atoms with Gasteiger partial charge in [0.25, 0.3) is 0 Å². The van der Waals surface area contributed by atoms with Crippen LogP contribution in [-0.2, 0) is 7.05 Å². The van der Waals surface area contributed by atoms with E-state index < -0.39 is 0 Å². The van der Waals surface area contributed by atoms with Crippen LogP contribution in [-0.4, -0.2) is 11.7 Å². The minimum Gasteiger partial charge on any atom is -0.497 e. The number of aryl methyl sites for hydroxylation is 1. The molecule has 0 aliphatic heterocycles. The lowest BCUT2D eigenvalue weighted by Gasteiger charge is -2.10. The Morgan fingerprint density at radius 1 is 0.786 bits per heavy atom. The number of methoxy groups -OCH3 is 1. The number of nitrogens with zero attached hydrogens (tertiary/aromatic N) is 1. The fourth-order valence-electron chi connectivity index (χ4n) is 4.00. The van der Waals surface area contributed by atoms with Crippen molar-refractivity contribution in [1.82, 2.24) is 4.57 Å². The van der Waals surface area contributed by atoms with E-state index in [1.807, 2.05) is 23.5 Å². The van der Waals surface area contributed by atoms with Crippen molar-refractivity contribution in [3.8, 4) is 28.3 Å². The Kier molecular flexibility index (Phi) is 3.99. The maximum atomic E-state index is 5.36. The molecule has 0 aliphatic carbocycles. The van der Waals surface area contributed by atoms with Crippen LogP contribution in [0.5, 0.6) is 5.75 Å². The summed E-state index contributed by atoms with van der Waals surface area (Å²) in [5.41, 5.74) is 6.27. The quantitative estimate of drug-likeness (QED) is 0.326. The third kappa shape index (κ3) is 2.54. The molecular weight excluding hydrogens is 362 g/mol. The summed E-state index contributed by atoms with van der Waals surface area (Å²) >= 11 is 1.88. The number of benzene rings is 3. The smallest absolute Gasteiger partial charge is 0.118 e. The molecule has 0 radical (unpaired) electrons. The lowest BCUT2D eigenvalue weighted by Crippen LogP contribution is -1.95. The molecule has 138 valence electrons. The summed E-state index contributed by atoms with van der Waals surface area (Å²) in [7, 11) is 3.88. The molecule has 3 aromatic carbocycles. The van der Waals surface area contributed by atoms with E-state index >= 15 is 0 Å². The van der Waals surface area contributed by atoms with Crippen LogP contribution < -0.4 is 4.74 Å². The summed E-state index contributed by atoms with van der Waals surface area (Å²) in [6.45, 7) is 2.13. The summed E-state index contributed by atoms with van der Waals surface area (Å²) in [5.74, 6) is 0.878. The van der Waals surface area contributed by atoms with Crippen LogP contribution in [0.1, 0.15) is 5.56 Å². The van der Waals surface area contributed by atoms with E-state index in [2.05, 4.69) is 79.2 Å². The third-order valence-corrected chi connectivity index (χ3v) is 6.58. The molecule has 0 saturated carbocycles. The largest absolute Gasteiger partial charge is 0.497 e. The van der Waals surface area contributed by atoms with Gasteiger partial charge in [-0.3, -0.25) is 0 Å². The number of rotatable bonds is 3. The van der Waals surface area contributed by atoms with E-state index in [0.717, 1.165) is 5.75 Å². The summed E-state index contributed by atoms with van der Waals surface area (Å²) in [6, 6.07) is 25.9. The van der Waals surface area contributed by atoms with Crippen LogP contribution in [0, 0.1) is 6.92 Å². The van der Waals surface area contributed by atoms with E-state index in [0.29, 0.717) is 0 Å². The maximum absolute atomic E-state index is 5.36. The highest BCUT2D eigenvalue weighted by Gasteiger charge is 2.21. The Hall–Kier alpha value is -3.04. The summed E-state index contributed by atoms with van der Waals surface area (Å²) in [6.07, 6.45) is 0. The lowest BCUT2D eigenvalue weighted by molar-refractivity contribution is 0.415. The van der Waals surface area contributed by atoms with Crippen LogP contribution in [0.4, 0.5) is 0 Å². The minimum absolute atomic E-state index is 0.878. The molecule has 0 bridgehead atoms. The average Bonchev–Trinajstić information content (AvgIpc) is 3.22. The molecule has 0 atom stereocenters. The summed E-state index contributed by atoms with van der Waals surface area (Å²) in [5, 5.41) is 2.66. The molecule has 3 heteroatoms. The first-order valence-corrected chi connectivity index (χ1v) is 10.2. The number of hydrogen-bond acceptors (Lipinski definition) is 2. The highest BCUT2D eigenvalue weighted by molar-refractivity contribution is 7.26. The normalized spacial score (nSPS) is 11.4. The van der Waals surface area contributed by atoms with Gasteiger partial charge in [0.05, 0.1) is 23.2 Å². The molecule has 5 aromatic rings. The second kappa shape index (κ2) is 6.54. The van der Waals surface area contributed by atoms with Gasteiger partial charge >= 0.3 is 0 Å². The molecule has 0 saturated heterocycles. The van der Waals surface area contributed by atoms with Crippen molar-refractivity contribution >= 4 is 31.5 Å². The molecule has 28 heavy (non-hydrogen) atoms. The highest BCUT2D eigenvalue weighted by atomic mass is 32.1. The first kappa shape index (κ1) is 17.1. The first-order chi connectivity index (χ1) is 13.7. The maximum Gasteiger partial charge on any atom is 0.118 e.